The van der Waals surface area contributed by atoms with Crippen molar-refractivity contribution in [2.24, 2.45) is 0 Å². The van der Waals surface area contributed by atoms with Crippen LogP contribution in [0.25, 0.3) is 99.5 Å². The van der Waals surface area contributed by atoms with Gasteiger partial charge in [-0.15, -0.1) is 0 Å². The van der Waals surface area contributed by atoms with Gasteiger partial charge in [0.05, 0.1) is 6.26 Å². The van der Waals surface area contributed by atoms with Crippen LogP contribution < -0.4 is 15.8 Å². The third-order valence-electron chi connectivity index (χ3n) is 16.6. The predicted octanol–water partition coefficient (Wildman–Crippen LogP) is 18.1. The summed E-state index contributed by atoms with van der Waals surface area (Å²) in [6.07, 6.45) is 1.89. The van der Waals surface area contributed by atoms with Gasteiger partial charge in [-0.2, -0.15) is 0 Å². The Kier molecular flexibility index (Phi) is 10.0. The summed E-state index contributed by atoms with van der Waals surface area (Å²) in [6.45, 7) is 20.0. The molecule has 0 saturated carbocycles. The van der Waals surface area contributed by atoms with Gasteiger partial charge in [-0.25, -0.2) is 0 Å². The Morgan fingerprint density at radius 1 is 0.387 bits per heavy atom. The van der Waals surface area contributed by atoms with E-state index in [0.29, 0.717) is 0 Å². The summed E-state index contributed by atoms with van der Waals surface area (Å²) >= 11 is 0. The summed E-state index contributed by atoms with van der Waals surface area (Å²) in [7, 11) is 0. The van der Waals surface area contributed by atoms with E-state index in [-0.39, 0.29) is 6.85 Å². The molecule has 0 spiro atoms. The van der Waals surface area contributed by atoms with Crippen LogP contribution >= 0.6 is 0 Å². The fourth-order valence-corrected chi connectivity index (χ4v) is 14.0. The van der Waals surface area contributed by atoms with Gasteiger partial charge < -0.3 is 13.8 Å². The highest BCUT2D eigenvalue weighted by molar-refractivity contribution is 6.90. The first-order chi connectivity index (χ1) is 36.4. The number of furan rings is 1. The molecule has 3 nitrogen and oxygen atoms in total. The highest BCUT2D eigenvalue weighted by Gasteiger charge is 2.45. The first-order valence-electron chi connectivity index (χ1n) is 26.5. The second-order valence-electron chi connectivity index (χ2n) is 21.9. The van der Waals surface area contributed by atoms with Crippen LogP contribution in [0.4, 0.5) is 17.1 Å². The molecule has 0 atom stereocenters. The summed E-state index contributed by atoms with van der Waals surface area (Å²) in [4.78, 5) is 2.59. The van der Waals surface area contributed by atoms with Crippen molar-refractivity contribution >= 4 is 67.6 Å². The lowest BCUT2D eigenvalue weighted by Gasteiger charge is -2.41. The molecule has 0 unspecified atom stereocenters. The zero-order valence-electron chi connectivity index (χ0n) is 44.2. The molecule has 0 amide bonds. The van der Waals surface area contributed by atoms with Crippen molar-refractivity contribution in [3.63, 3.8) is 0 Å². The Balaban J connectivity index is 1.14. The highest BCUT2D eigenvalue weighted by Crippen LogP contribution is 2.51. The average molecular weight is 965 g/mol. The molecule has 12 aromatic rings. The van der Waals surface area contributed by atoms with Crippen molar-refractivity contribution < 1.29 is 4.42 Å². The standard InChI is InChI=1S/C71H57BN2O/c1-40-26-43(4)65(44(5)27-40)51-21-23-62-58(35-51)59-36-56(67-47(8)30-42(3)31-48(67)9)37-60-68-69-64(39-53-24-25-75-71(53)68)73(57-33-54(49-16-12-10-13-17-49)32-55(34-57)50-18-14-11-15-19-50)63-38-52(66-45(6)28-41(2)29-46(66)7)20-22-61(63)72(69)74(62)70(59)60/h10-39H,1-9H3. The lowest BCUT2D eigenvalue weighted by molar-refractivity contribution is 0.617. The second kappa shape index (κ2) is 16.7. The number of fused-ring (bicyclic) bond motifs is 9. The van der Waals surface area contributed by atoms with Gasteiger partial charge >= 0.3 is 6.85 Å². The molecule has 0 bridgehead atoms. The fourth-order valence-electron chi connectivity index (χ4n) is 14.0. The smallest absolute Gasteiger partial charge is 0.333 e. The van der Waals surface area contributed by atoms with Gasteiger partial charge in [0.25, 0.3) is 0 Å². The topological polar surface area (TPSA) is 21.3 Å². The fraction of sp³-hybridized carbons (Fsp3) is 0.127. The van der Waals surface area contributed by atoms with Gasteiger partial charge in [-0.3, -0.25) is 0 Å². The van der Waals surface area contributed by atoms with Crippen molar-refractivity contribution in [2.75, 3.05) is 4.90 Å². The third-order valence-corrected chi connectivity index (χ3v) is 16.6. The molecule has 2 aliphatic rings. The van der Waals surface area contributed by atoms with E-state index in [4.69, 9.17) is 4.42 Å². The Labute approximate surface area is 440 Å². The summed E-state index contributed by atoms with van der Waals surface area (Å²) in [5, 5.41) is 3.59. The van der Waals surface area contributed by atoms with Crippen LogP contribution in [-0.2, 0) is 0 Å². The van der Waals surface area contributed by atoms with E-state index < -0.39 is 0 Å². The quantitative estimate of drug-likeness (QED) is 0.155. The second-order valence-corrected chi connectivity index (χ2v) is 21.9. The molecule has 2 aromatic heterocycles. The minimum atomic E-state index is -0.175. The van der Waals surface area contributed by atoms with E-state index in [1.165, 1.54) is 155 Å². The number of aromatic nitrogens is 1. The molecular formula is C71H57BN2O. The monoisotopic (exact) mass is 964 g/mol. The van der Waals surface area contributed by atoms with E-state index in [9.17, 15) is 0 Å². The zero-order chi connectivity index (χ0) is 51.1. The number of rotatable bonds is 6. The van der Waals surface area contributed by atoms with Crippen LogP contribution in [0.3, 0.4) is 0 Å². The summed E-state index contributed by atoms with van der Waals surface area (Å²) in [6, 6.07) is 67.0. The molecule has 0 fully saturated rings. The van der Waals surface area contributed by atoms with Gasteiger partial charge in [0.1, 0.15) is 5.58 Å². The molecule has 0 aliphatic carbocycles. The SMILES string of the molecule is Cc1cc(C)c(-c2ccc3c(c2)N(c2cc(-c4ccccc4)cc(-c4ccccc4)c2)c2cc4ccoc4c4c2B3n2c3ccc(-c5c(C)cc(C)cc5C)cc3c3cc(-c5c(C)cc(C)cc5C)cc-4c32)c(C)c1. The van der Waals surface area contributed by atoms with Crippen molar-refractivity contribution in [3.8, 4) is 66.8 Å². The molecule has 10 aromatic carbocycles. The normalized spacial score (nSPS) is 12.5. The van der Waals surface area contributed by atoms with Crippen LogP contribution in [0.1, 0.15) is 50.1 Å². The van der Waals surface area contributed by atoms with Gasteiger partial charge in [-0.1, -0.05) is 132 Å². The Bertz CT molecular complexity index is 4270. The lowest BCUT2D eigenvalue weighted by atomic mass is 9.45. The highest BCUT2D eigenvalue weighted by atomic mass is 16.3. The Morgan fingerprint density at radius 2 is 0.907 bits per heavy atom. The minimum absolute atomic E-state index is 0.175. The van der Waals surface area contributed by atoms with E-state index in [1.807, 2.05) is 6.26 Å². The van der Waals surface area contributed by atoms with E-state index in [2.05, 4.69) is 248 Å². The van der Waals surface area contributed by atoms with Crippen LogP contribution in [0, 0.1) is 62.3 Å². The summed E-state index contributed by atoms with van der Waals surface area (Å²) in [5.74, 6) is 0. The maximum Gasteiger partial charge on any atom is 0.333 e. The molecule has 0 radical (unpaired) electrons. The summed E-state index contributed by atoms with van der Waals surface area (Å²) in [5.41, 5.74) is 35.5. The molecule has 4 heteroatoms. The van der Waals surface area contributed by atoms with Gasteiger partial charge in [0, 0.05) is 55.4 Å². The van der Waals surface area contributed by atoms with Crippen molar-refractivity contribution in [1.82, 2.24) is 4.48 Å². The van der Waals surface area contributed by atoms with Crippen LogP contribution in [0.2, 0.25) is 0 Å². The first-order valence-corrected chi connectivity index (χ1v) is 26.5. The number of nitrogens with zero attached hydrogens (tertiary/aromatic N) is 2. The van der Waals surface area contributed by atoms with Gasteiger partial charge in [0.15, 0.2) is 0 Å². The zero-order valence-corrected chi connectivity index (χ0v) is 44.2. The van der Waals surface area contributed by atoms with Crippen molar-refractivity contribution in [1.29, 1.82) is 0 Å². The predicted molar refractivity (Wildman–Crippen MR) is 320 cm³/mol. The van der Waals surface area contributed by atoms with Crippen LogP contribution in [0.5, 0.6) is 0 Å². The first kappa shape index (κ1) is 45.1. The van der Waals surface area contributed by atoms with Gasteiger partial charge in [-0.05, 0) is 223 Å². The lowest BCUT2D eigenvalue weighted by Crippen LogP contribution is -2.56. The third kappa shape index (κ3) is 6.89. The molecule has 0 N–H and O–H groups in total. The Morgan fingerprint density at radius 3 is 1.48 bits per heavy atom. The maximum absolute atomic E-state index is 6.80. The molecule has 0 saturated heterocycles. The largest absolute Gasteiger partial charge is 0.464 e. The molecule has 75 heavy (non-hydrogen) atoms. The number of hydrogen-bond donors (Lipinski definition) is 0. The van der Waals surface area contributed by atoms with Gasteiger partial charge in [0.2, 0.25) is 0 Å². The number of anilines is 3. The number of hydrogen-bond acceptors (Lipinski definition) is 2. The van der Waals surface area contributed by atoms with Crippen LogP contribution in [-0.4, -0.2) is 11.3 Å². The molecule has 2 aliphatic heterocycles. The summed E-state index contributed by atoms with van der Waals surface area (Å²) < 4.78 is 9.50. The molecule has 14 rings (SSSR count). The minimum Gasteiger partial charge on any atom is -0.464 e. The van der Waals surface area contributed by atoms with E-state index in [0.717, 1.165) is 22.3 Å². The van der Waals surface area contributed by atoms with Crippen molar-refractivity contribution in [2.45, 2.75) is 62.3 Å². The average Bonchev–Trinajstić information content (AvgIpc) is 3.99. The Hall–Kier alpha value is -8.60. The number of benzene rings is 10. The molecule has 360 valence electrons. The van der Waals surface area contributed by atoms with E-state index >= 15 is 0 Å². The van der Waals surface area contributed by atoms with Crippen molar-refractivity contribution in [3.05, 3.63) is 232 Å². The van der Waals surface area contributed by atoms with E-state index in [1.54, 1.807) is 0 Å². The number of aryl methyl sites for hydroxylation is 9. The van der Waals surface area contributed by atoms with Crippen LogP contribution in [0.15, 0.2) is 187 Å². The molecular weight excluding hydrogens is 908 g/mol. The molecule has 4 heterocycles. The maximum atomic E-state index is 6.80.